The number of carbonyl (C=O) groups excluding carboxylic acids is 1. The van der Waals surface area contributed by atoms with E-state index in [2.05, 4.69) is 28.9 Å². The molecule has 31 heavy (non-hydrogen) atoms. The molecule has 2 heterocycles. The molecule has 1 aliphatic heterocycles. The largest absolute Gasteiger partial charge is 0.489 e. The number of benzene rings is 1. The molecule has 1 saturated heterocycles. The molecule has 6 nitrogen and oxygen atoms in total. The number of rotatable bonds is 8. The first-order valence-electron chi connectivity index (χ1n) is 11.3. The second-order valence-corrected chi connectivity index (χ2v) is 8.86. The summed E-state index contributed by atoms with van der Waals surface area (Å²) in [6.45, 7) is 5.42. The molecule has 1 saturated carbocycles. The molecule has 2 aliphatic rings. The predicted molar refractivity (Wildman–Crippen MR) is 120 cm³/mol. The van der Waals surface area contributed by atoms with Crippen molar-refractivity contribution in [3.63, 3.8) is 0 Å². The summed E-state index contributed by atoms with van der Waals surface area (Å²) in [6.07, 6.45) is 5.51. The fourth-order valence-electron chi connectivity index (χ4n) is 4.53. The van der Waals surface area contributed by atoms with E-state index in [4.69, 9.17) is 9.47 Å². The molecule has 0 radical (unpaired) electrons. The summed E-state index contributed by atoms with van der Waals surface area (Å²) in [5, 5.41) is 10.00. The highest BCUT2D eigenvalue weighted by Gasteiger charge is 2.28. The molecular formula is C25H32N2O4. The van der Waals surface area contributed by atoms with Crippen molar-refractivity contribution < 1.29 is 19.4 Å². The monoisotopic (exact) mass is 424 g/mol. The van der Waals surface area contributed by atoms with Crippen molar-refractivity contribution in [2.45, 2.75) is 70.2 Å². The van der Waals surface area contributed by atoms with Crippen LogP contribution in [-0.4, -0.2) is 47.3 Å². The van der Waals surface area contributed by atoms with Crippen LogP contribution < -0.4 is 14.4 Å². The highest BCUT2D eigenvalue weighted by Crippen LogP contribution is 2.29. The normalized spacial score (nSPS) is 24.2. The summed E-state index contributed by atoms with van der Waals surface area (Å²) in [6, 6.07) is 12.1. The van der Waals surface area contributed by atoms with Gasteiger partial charge in [0.15, 0.2) is 0 Å². The number of hydrogen-bond acceptors (Lipinski definition) is 6. The third-order valence-electron chi connectivity index (χ3n) is 6.26. The Morgan fingerprint density at radius 2 is 2.00 bits per heavy atom. The number of anilines is 1. The van der Waals surface area contributed by atoms with E-state index in [9.17, 15) is 9.90 Å². The average molecular weight is 425 g/mol. The lowest BCUT2D eigenvalue weighted by Crippen LogP contribution is -2.27. The minimum Gasteiger partial charge on any atom is -0.489 e. The summed E-state index contributed by atoms with van der Waals surface area (Å²) in [7, 11) is 0. The van der Waals surface area contributed by atoms with E-state index >= 15 is 0 Å². The maximum Gasteiger partial charge on any atom is 0.215 e. The molecular weight excluding hydrogens is 392 g/mol. The second kappa shape index (κ2) is 9.69. The SMILES string of the molecule is CC(=O)C[C@@H](C)c1ccc(O[C@@H]2CCN(c3ccnc(O[C@@H]4CCC[C@@H]4O)c3)C2)cc1. The Bertz CT molecular complexity index is 885. The number of nitrogens with zero attached hydrogens (tertiary/aromatic N) is 2. The molecule has 4 atom stereocenters. The first kappa shape index (κ1) is 21.6. The number of aliphatic hydroxyl groups excluding tert-OH is 1. The van der Waals surface area contributed by atoms with Crippen LogP contribution in [0.5, 0.6) is 11.6 Å². The van der Waals surface area contributed by atoms with Crippen molar-refractivity contribution in [2.24, 2.45) is 0 Å². The summed E-state index contributed by atoms with van der Waals surface area (Å²) in [4.78, 5) is 18.0. The molecule has 1 aromatic heterocycles. The van der Waals surface area contributed by atoms with Gasteiger partial charge in [-0.05, 0) is 55.9 Å². The number of hydrogen-bond donors (Lipinski definition) is 1. The van der Waals surface area contributed by atoms with E-state index in [0.29, 0.717) is 12.3 Å². The standard InChI is InChI=1S/C25H32N2O4/c1-17(14-18(2)28)19-6-8-21(9-7-19)30-22-11-13-27(16-22)20-10-12-26-25(15-20)31-24-5-3-4-23(24)29/h6-10,12,15,17,22-24,29H,3-5,11,13-14,16H2,1-2H3/t17-,22-,23+,24-/m1/s1. The van der Waals surface area contributed by atoms with E-state index in [1.165, 1.54) is 0 Å². The smallest absolute Gasteiger partial charge is 0.215 e. The lowest BCUT2D eigenvalue weighted by molar-refractivity contribution is -0.117. The van der Waals surface area contributed by atoms with Crippen LogP contribution >= 0.6 is 0 Å². The Labute approximate surface area is 184 Å². The van der Waals surface area contributed by atoms with Gasteiger partial charge in [-0.1, -0.05) is 19.1 Å². The van der Waals surface area contributed by atoms with Crippen molar-refractivity contribution in [2.75, 3.05) is 18.0 Å². The van der Waals surface area contributed by atoms with Crippen molar-refractivity contribution in [3.05, 3.63) is 48.2 Å². The van der Waals surface area contributed by atoms with E-state index in [1.54, 1.807) is 13.1 Å². The van der Waals surface area contributed by atoms with Gasteiger partial charge in [-0.25, -0.2) is 4.98 Å². The Kier molecular flexibility index (Phi) is 6.76. The van der Waals surface area contributed by atoms with E-state index in [0.717, 1.165) is 55.8 Å². The summed E-state index contributed by atoms with van der Waals surface area (Å²) >= 11 is 0. The topological polar surface area (TPSA) is 71.9 Å². The molecule has 1 aliphatic carbocycles. The van der Waals surface area contributed by atoms with Crippen molar-refractivity contribution in [1.82, 2.24) is 4.98 Å². The van der Waals surface area contributed by atoms with Gasteiger partial charge in [-0.15, -0.1) is 0 Å². The third kappa shape index (κ3) is 5.56. The fraction of sp³-hybridized carbons (Fsp3) is 0.520. The first-order valence-corrected chi connectivity index (χ1v) is 11.3. The first-order chi connectivity index (χ1) is 15.0. The van der Waals surface area contributed by atoms with Gasteiger partial charge in [0.25, 0.3) is 0 Å². The molecule has 6 heteroatoms. The molecule has 2 fully saturated rings. The zero-order chi connectivity index (χ0) is 21.8. The number of Topliss-reactive ketones (excluding diaryl/α,β-unsaturated/α-hetero) is 1. The Hall–Kier alpha value is -2.60. The number of ketones is 1. The van der Waals surface area contributed by atoms with Gasteiger partial charge in [-0.3, -0.25) is 0 Å². The van der Waals surface area contributed by atoms with Crippen LogP contribution in [0.25, 0.3) is 0 Å². The second-order valence-electron chi connectivity index (χ2n) is 8.86. The van der Waals surface area contributed by atoms with Gasteiger partial charge in [0.05, 0.1) is 12.6 Å². The fourth-order valence-corrected chi connectivity index (χ4v) is 4.53. The van der Waals surface area contributed by atoms with Gasteiger partial charge in [0, 0.05) is 37.3 Å². The van der Waals surface area contributed by atoms with E-state index < -0.39 is 6.10 Å². The van der Waals surface area contributed by atoms with E-state index in [1.807, 2.05) is 24.3 Å². The molecule has 1 N–H and O–H groups in total. The number of pyridine rings is 1. The predicted octanol–water partition coefficient (Wildman–Crippen LogP) is 4.11. The van der Waals surface area contributed by atoms with Crippen LogP contribution in [0.15, 0.2) is 42.6 Å². The summed E-state index contributed by atoms with van der Waals surface area (Å²) in [5.74, 6) is 1.87. The van der Waals surface area contributed by atoms with Gasteiger partial charge in [0.1, 0.15) is 23.7 Å². The molecule has 0 bridgehead atoms. The van der Waals surface area contributed by atoms with Gasteiger partial charge in [-0.2, -0.15) is 0 Å². The molecule has 0 spiro atoms. The molecule has 4 rings (SSSR count). The van der Waals surface area contributed by atoms with Crippen LogP contribution in [0, 0.1) is 0 Å². The minimum atomic E-state index is -0.396. The molecule has 2 aromatic rings. The number of ether oxygens (including phenoxy) is 2. The minimum absolute atomic E-state index is 0.120. The quantitative estimate of drug-likeness (QED) is 0.688. The van der Waals surface area contributed by atoms with Crippen LogP contribution in [0.1, 0.15) is 57.4 Å². The molecule has 166 valence electrons. The van der Waals surface area contributed by atoms with Crippen molar-refractivity contribution >= 4 is 11.5 Å². The summed E-state index contributed by atoms with van der Waals surface area (Å²) < 4.78 is 12.1. The number of aliphatic hydroxyl groups is 1. The van der Waals surface area contributed by atoms with Gasteiger partial charge in [0.2, 0.25) is 5.88 Å². The zero-order valence-electron chi connectivity index (χ0n) is 18.4. The Morgan fingerprint density at radius 3 is 2.71 bits per heavy atom. The number of aromatic nitrogens is 1. The van der Waals surface area contributed by atoms with Crippen molar-refractivity contribution in [3.8, 4) is 11.6 Å². The van der Waals surface area contributed by atoms with E-state index in [-0.39, 0.29) is 23.9 Å². The number of carbonyl (C=O) groups is 1. The van der Waals surface area contributed by atoms with Crippen LogP contribution in [0.3, 0.4) is 0 Å². The lowest BCUT2D eigenvalue weighted by atomic mass is 9.96. The summed E-state index contributed by atoms with van der Waals surface area (Å²) in [5.41, 5.74) is 2.23. The molecule has 1 aromatic carbocycles. The highest BCUT2D eigenvalue weighted by atomic mass is 16.5. The molecule has 0 amide bonds. The van der Waals surface area contributed by atoms with Crippen molar-refractivity contribution in [1.29, 1.82) is 0 Å². The van der Waals surface area contributed by atoms with Gasteiger partial charge < -0.3 is 24.3 Å². The highest BCUT2D eigenvalue weighted by molar-refractivity contribution is 5.76. The zero-order valence-corrected chi connectivity index (χ0v) is 18.4. The Balaban J connectivity index is 1.32. The van der Waals surface area contributed by atoms with Crippen LogP contribution in [-0.2, 0) is 4.79 Å². The Morgan fingerprint density at radius 1 is 1.19 bits per heavy atom. The lowest BCUT2D eigenvalue weighted by Gasteiger charge is -2.21. The van der Waals surface area contributed by atoms with Crippen LogP contribution in [0.2, 0.25) is 0 Å². The third-order valence-corrected chi connectivity index (χ3v) is 6.26. The van der Waals surface area contributed by atoms with Crippen LogP contribution in [0.4, 0.5) is 5.69 Å². The molecule has 0 unspecified atom stereocenters. The van der Waals surface area contributed by atoms with Gasteiger partial charge >= 0.3 is 0 Å². The maximum absolute atomic E-state index is 11.3. The maximum atomic E-state index is 11.3. The average Bonchev–Trinajstić information content (AvgIpc) is 3.37.